The minimum absolute atomic E-state index is 0.0147. The standard InChI is InChI=1S/C10H17NO2/c1-2-13-10(12)7-5-8-3-4-9(6-7)11-8/h7-9,11H,2-6H2,1H3. The van der Waals surface area contributed by atoms with Gasteiger partial charge in [0.2, 0.25) is 0 Å². The fraction of sp³-hybridized carbons (Fsp3) is 0.900. The first kappa shape index (κ1) is 9.00. The number of rotatable bonds is 2. The van der Waals surface area contributed by atoms with Crippen LogP contribution in [-0.4, -0.2) is 24.7 Å². The highest BCUT2D eigenvalue weighted by atomic mass is 16.5. The largest absolute Gasteiger partial charge is 0.466 e. The Bertz CT molecular complexity index is 193. The van der Waals surface area contributed by atoms with Crippen LogP contribution in [0.1, 0.15) is 32.6 Å². The Hall–Kier alpha value is -0.570. The third kappa shape index (κ3) is 1.85. The van der Waals surface area contributed by atoms with Crippen molar-refractivity contribution in [3.05, 3.63) is 0 Å². The zero-order valence-electron chi connectivity index (χ0n) is 8.08. The van der Waals surface area contributed by atoms with E-state index >= 15 is 0 Å². The molecule has 2 aliphatic rings. The number of ether oxygens (including phenoxy) is 1. The second-order valence-corrected chi connectivity index (χ2v) is 4.06. The molecule has 2 bridgehead atoms. The van der Waals surface area contributed by atoms with E-state index in [1.54, 1.807) is 0 Å². The predicted octanol–water partition coefficient (Wildman–Crippen LogP) is 1.08. The lowest BCUT2D eigenvalue weighted by atomic mass is 9.93. The predicted molar refractivity (Wildman–Crippen MR) is 49.3 cm³/mol. The minimum Gasteiger partial charge on any atom is -0.466 e. The van der Waals surface area contributed by atoms with Crippen LogP contribution in [0.2, 0.25) is 0 Å². The molecule has 0 saturated carbocycles. The van der Waals surface area contributed by atoms with Crippen molar-refractivity contribution in [2.24, 2.45) is 5.92 Å². The first-order valence-electron chi connectivity index (χ1n) is 5.22. The van der Waals surface area contributed by atoms with Crippen LogP contribution in [-0.2, 0) is 9.53 Å². The summed E-state index contributed by atoms with van der Waals surface area (Å²) in [6.07, 6.45) is 4.44. The summed E-state index contributed by atoms with van der Waals surface area (Å²) in [5, 5.41) is 3.51. The van der Waals surface area contributed by atoms with Gasteiger partial charge in [-0.05, 0) is 32.6 Å². The number of hydrogen-bond acceptors (Lipinski definition) is 3. The average Bonchev–Trinajstić information content (AvgIpc) is 2.46. The molecule has 2 fully saturated rings. The maximum atomic E-state index is 11.5. The lowest BCUT2D eigenvalue weighted by Gasteiger charge is -2.27. The van der Waals surface area contributed by atoms with E-state index in [4.69, 9.17) is 4.74 Å². The number of fused-ring (bicyclic) bond motifs is 2. The van der Waals surface area contributed by atoms with Crippen molar-refractivity contribution < 1.29 is 9.53 Å². The fourth-order valence-electron chi connectivity index (χ4n) is 2.51. The number of piperidine rings is 1. The molecular formula is C10H17NO2. The summed E-state index contributed by atoms with van der Waals surface area (Å²) in [5.41, 5.74) is 0. The molecule has 0 radical (unpaired) electrons. The number of carbonyl (C=O) groups is 1. The van der Waals surface area contributed by atoms with Crippen LogP contribution in [0, 0.1) is 5.92 Å². The summed E-state index contributed by atoms with van der Waals surface area (Å²) in [5.74, 6) is 0.180. The normalized spacial score (nSPS) is 37.5. The third-order valence-corrected chi connectivity index (χ3v) is 3.09. The van der Waals surface area contributed by atoms with Gasteiger partial charge in [-0.3, -0.25) is 4.79 Å². The molecule has 3 nitrogen and oxygen atoms in total. The Morgan fingerprint density at radius 3 is 2.54 bits per heavy atom. The Balaban J connectivity index is 1.91. The van der Waals surface area contributed by atoms with E-state index in [9.17, 15) is 4.79 Å². The van der Waals surface area contributed by atoms with Gasteiger partial charge in [0.25, 0.3) is 0 Å². The maximum Gasteiger partial charge on any atom is 0.309 e. The van der Waals surface area contributed by atoms with Crippen molar-refractivity contribution in [1.29, 1.82) is 0 Å². The van der Waals surface area contributed by atoms with Crippen LogP contribution in [0.3, 0.4) is 0 Å². The number of nitrogens with one attached hydrogen (secondary N) is 1. The molecule has 0 spiro atoms. The van der Waals surface area contributed by atoms with Crippen molar-refractivity contribution in [1.82, 2.24) is 5.32 Å². The molecule has 3 heteroatoms. The number of esters is 1. The molecule has 0 amide bonds. The Labute approximate surface area is 78.8 Å². The summed E-state index contributed by atoms with van der Waals surface area (Å²) in [6, 6.07) is 1.15. The van der Waals surface area contributed by atoms with Crippen molar-refractivity contribution in [3.8, 4) is 0 Å². The van der Waals surface area contributed by atoms with E-state index in [1.807, 2.05) is 6.92 Å². The van der Waals surface area contributed by atoms with Gasteiger partial charge in [-0.15, -0.1) is 0 Å². The molecule has 13 heavy (non-hydrogen) atoms. The summed E-state index contributed by atoms with van der Waals surface area (Å²) in [4.78, 5) is 11.5. The molecule has 0 aliphatic carbocycles. The first-order chi connectivity index (χ1) is 6.29. The van der Waals surface area contributed by atoms with Gasteiger partial charge in [0.1, 0.15) is 0 Å². The van der Waals surface area contributed by atoms with Gasteiger partial charge >= 0.3 is 5.97 Å². The van der Waals surface area contributed by atoms with Crippen LogP contribution in [0.25, 0.3) is 0 Å². The molecule has 2 aliphatic heterocycles. The molecule has 0 aromatic heterocycles. The minimum atomic E-state index is 0.0147. The van der Waals surface area contributed by atoms with E-state index < -0.39 is 0 Å². The molecule has 1 N–H and O–H groups in total. The van der Waals surface area contributed by atoms with Gasteiger partial charge in [-0.25, -0.2) is 0 Å². The summed E-state index contributed by atoms with van der Waals surface area (Å²) < 4.78 is 5.04. The molecule has 0 aromatic carbocycles. The zero-order chi connectivity index (χ0) is 9.26. The van der Waals surface area contributed by atoms with Gasteiger partial charge in [0.05, 0.1) is 12.5 Å². The second kappa shape index (κ2) is 3.66. The van der Waals surface area contributed by atoms with Gasteiger partial charge in [0, 0.05) is 12.1 Å². The van der Waals surface area contributed by atoms with Crippen molar-refractivity contribution in [3.63, 3.8) is 0 Å². The van der Waals surface area contributed by atoms with Gasteiger partial charge in [-0.2, -0.15) is 0 Å². The van der Waals surface area contributed by atoms with Gasteiger partial charge in [0.15, 0.2) is 0 Å². The lowest BCUT2D eigenvalue weighted by Crippen LogP contribution is -2.41. The van der Waals surface area contributed by atoms with E-state index in [0.29, 0.717) is 18.7 Å². The average molecular weight is 183 g/mol. The Morgan fingerprint density at radius 2 is 2.00 bits per heavy atom. The number of carbonyl (C=O) groups excluding carboxylic acids is 1. The maximum absolute atomic E-state index is 11.5. The highest BCUT2D eigenvalue weighted by Gasteiger charge is 2.37. The van der Waals surface area contributed by atoms with Crippen LogP contribution < -0.4 is 5.32 Å². The van der Waals surface area contributed by atoms with Crippen LogP contribution in [0.5, 0.6) is 0 Å². The fourth-order valence-corrected chi connectivity index (χ4v) is 2.51. The molecule has 2 heterocycles. The van der Waals surface area contributed by atoms with Crippen molar-refractivity contribution in [2.75, 3.05) is 6.61 Å². The highest BCUT2D eigenvalue weighted by Crippen LogP contribution is 2.31. The second-order valence-electron chi connectivity index (χ2n) is 4.06. The molecule has 74 valence electrons. The Kier molecular flexibility index (Phi) is 2.54. The third-order valence-electron chi connectivity index (χ3n) is 3.09. The van der Waals surface area contributed by atoms with Gasteiger partial charge in [-0.1, -0.05) is 0 Å². The molecule has 2 atom stereocenters. The topological polar surface area (TPSA) is 38.3 Å². The van der Waals surface area contributed by atoms with Crippen LogP contribution in [0.4, 0.5) is 0 Å². The van der Waals surface area contributed by atoms with Crippen LogP contribution >= 0.6 is 0 Å². The summed E-state index contributed by atoms with van der Waals surface area (Å²) in [7, 11) is 0. The zero-order valence-corrected chi connectivity index (χ0v) is 8.08. The molecule has 2 saturated heterocycles. The van der Waals surface area contributed by atoms with Crippen molar-refractivity contribution >= 4 is 5.97 Å². The van der Waals surface area contributed by atoms with Crippen molar-refractivity contribution in [2.45, 2.75) is 44.7 Å². The molecule has 2 unspecified atom stereocenters. The number of hydrogen-bond donors (Lipinski definition) is 1. The molecular weight excluding hydrogens is 166 g/mol. The van der Waals surface area contributed by atoms with E-state index in [2.05, 4.69) is 5.32 Å². The SMILES string of the molecule is CCOC(=O)C1CC2CCC(C1)N2. The van der Waals surface area contributed by atoms with E-state index in [0.717, 1.165) is 12.8 Å². The summed E-state index contributed by atoms with van der Waals surface area (Å²) >= 11 is 0. The first-order valence-corrected chi connectivity index (χ1v) is 5.22. The molecule has 2 rings (SSSR count). The Morgan fingerprint density at radius 1 is 1.38 bits per heavy atom. The van der Waals surface area contributed by atoms with E-state index in [-0.39, 0.29) is 11.9 Å². The monoisotopic (exact) mass is 183 g/mol. The summed E-state index contributed by atoms with van der Waals surface area (Å²) in [6.45, 7) is 2.38. The van der Waals surface area contributed by atoms with E-state index in [1.165, 1.54) is 12.8 Å². The lowest BCUT2D eigenvalue weighted by molar-refractivity contribution is -0.149. The highest BCUT2D eigenvalue weighted by molar-refractivity contribution is 5.72. The quantitative estimate of drug-likeness (QED) is 0.651. The molecule has 0 aromatic rings. The van der Waals surface area contributed by atoms with Gasteiger partial charge < -0.3 is 10.1 Å². The van der Waals surface area contributed by atoms with Crippen LogP contribution in [0.15, 0.2) is 0 Å². The smallest absolute Gasteiger partial charge is 0.309 e.